The van der Waals surface area contributed by atoms with Crippen LogP contribution in [0.3, 0.4) is 0 Å². The van der Waals surface area contributed by atoms with Gasteiger partial charge in [-0.15, -0.1) is 11.3 Å². The molecule has 2 aromatic heterocycles. The van der Waals surface area contributed by atoms with Gasteiger partial charge in [0.15, 0.2) is 5.78 Å². The summed E-state index contributed by atoms with van der Waals surface area (Å²) in [7, 11) is 0. The van der Waals surface area contributed by atoms with E-state index in [-0.39, 0.29) is 17.3 Å². The van der Waals surface area contributed by atoms with Crippen molar-refractivity contribution >= 4 is 23.1 Å². The zero-order chi connectivity index (χ0) is 15.1. The zero-order valence-electron chi connectivity index (χ0n) is 11.3. The van der Waals surface area contributed by atoms with Crippen LogP contribution in [0.5, 0.6) is 0 Å². The molecule has 0 saturated heterocycles. The number of fused-ring (bicyclic) bond motifs is 1. The van der Waals surface area contributed by atoms with E-state index in [9.17, 15) is 14.4 Å². The maximum atomic E-state index is 12.3. The Balaban J connectivity index is 2.03. The second-order valence-corrected chi connectivity index (χ2v) is 6.51. The van der Waals surface area contributed by atoms with Gasteiger partial charge in [-0.05, 0) is 31.5 Å². The first-order chi connectivity index (χ1) is 9.95. The molecule has 1 atom stereocenters. The van der Waals surface area contributed by atoms with Crippen LogP contribution in [0, 0.1) is 6.92 Å². The number of aryl methyl sites for hydroxylation is 1. The predicted octanol–water partition coefficient (Wildman–Crippen LogP) is 2.36. The minimum absolute atomic E-state index is 0.0510. The van der Waals surface area contributed by atoms with Crippen LogP contribution in [0.1, 0.15) is 48.5 Å². The Morgan fingerprint density at radius 2 is 2.10 bits per heavy atom. The third-order valence-electron chi connectivity index (χ3n) is 3.70. The number of pyridine rings is 1. The zero-order valence-corrected chi connectivity index (χ0v) is 12.1. The first kappa shape index (κ1) is 13.8. The van der Waals surface area contributed by atoms with Gasteiger partial charge >= 0.3 is 5.97 Å². The Bertz CT molecular complexity index is 802. The Hall–Kier alpha value is -2.21. The number of carboxylic acid groups (broad SMARTS) is 1. The van der Waals surface area contributed by atoms with Gasteiger partial charge < -0.3 is 10.1 Å². The van der Waals surface area contributed by atoms with Crippen molar-refractivity contribution < 1.29 is 14.7 Å². The second-order valence-electron chi connectivity index (χ2n) is 5.19. The number of rotatable bonds is 2. The van der Waals surface area contributed by atoms with E-state index >= 15 is 0 Å². The number of nitrogens with one attached hydrogen (secondary N) is 1. The average Bonchev–Trinajstić information content (AvgIpc) is 2.84. The number of carboxylic acids is 1. The first-order valence-corrected chi connectivity index (χ1v) is 7.36. The number of aromatic amines is 1. The third-order valence-corrected chi connectivity index (χ3v) is 4.86. The number of Topliss-reactive ketones (excluding diaryl/α,β-unsaturated/α-hetero) is 1. The molecule has 0 spiro atoms. The highest BCUT2D eigenvalue weighted by molar-refractivity contribution is 7.12. The summed E-state index contributed by atoms with van der Waals surface area (Å²) in [5, 5.41) is 8.96. The van der Waals surface area contributed by atoms with Crippen molar-refractivity contribution in [3.8, 4) is 0 Å². The normalized spacial score (nSPS) is 17.6. The lowest BCUT2D eigenvalue weighted by Crippen LogP contribution is -2.27. The molecule has 2 aromatic rings. The van der Waals surface area contributed by atoms with E-state index < -0.39 is 11.5 Å². The largest absolute Gasteiger partial charge is 0.477 e. The van der Waals surface area contributed by atoms with Crippen molar-refractivity contribution in [3.63, 3.8) is 0 Å². The van der Waals surface area contributed by atoms with E-state index in [1.807, 2.05) is 19.1 Å². The fourth-order valence-electron chi connectivity index (χ4n) is 2.66. The smallest absolute Gasteiger partial charge is 0.341 e. The van der Waals surface area contributed by atoms with Crippen LogP contribution in [0.15, 0.2) is 23.0 Å². The van der Waals surface area contributed by atoms with E-state index in [0.29, 0.717) is 24.1 Å². The molecular formula is C15H13NO4S. The Labute approximate surface area is 124 Å². The topological polar surface area (TPSA) is 87.2 Å². The van der Waals surface area contributed by atoms with E-state index in [4.69, 9.17) is 5.11 Å². The predicted molar refractivity (Wildman–Crippen MR) is 78.5 cm³/mol. The second kappa shape index (κ2) is 4.96. The number of hydrogen-bond acceptors (Lipinski definition) is 4. The minimum atomic E-state index is -1.32. The molecule has 2 heterocycles. The summed E-state index contributed by atoms with van der Waals surface area (Å²) in [6.07, 6.45) is 0.897. The molecule has 0 bridgehead atoms. The van der Waals surface area contributed by atoms with Crippen LogP contribution >= 0.6 is 11.3 Å². The number of hydrogen-bond donors (Lipinski definition) is 2. The van der Waals surface area contributed by atoms with Gasteiger partial charge in [-0.3, -0.25) is 9.59 Å². The molecule has 5 nitrogen and oxygen atoms in total. The van der Waals surface area contributed by atoms with E-state index in [2.05, 4.69) is 4.98 Å². The number of carbonyl (C=O) groups excluding carboxylic acids is 1. The van der Waals surface area contributed by atoms with Crippen LogP contribution in [-0.2, 0) is 6.42 Å². The maximum absolute atomic E-state index is 12.3. The van der Waals surface area contributed by atoms with Crippen molar-refractivity contribution in [2.45, 2.75) is 25.7 Å². The average molecular weight is 303 g/mol. The van der Waals surface area contributed by atoms with Gasteiger partial charge in [-0.25, -0.2) is 4.79 Å². The summed E-state index contributed by atoms with van der Waals surface area (Å²) in [5.41, 5.74) is -0.168. The molecule has 0 aliphatic heterocycles. The van der Waals surface area contributed by atoms with Crippen molar-refractivity contribution in [2.24, 2.45) is 0 Å². The highest BCUT2D eigenvalue weighted by atomic mass is 32.1. The SMILES string of the molecule is Cc1ccc(C2CC(=O)c3cc(C(=O)O)c(=O)[nH]c3C2)s1. The molecule has 0 fully saturated rings. The molecule has 0 saturated carbocycles. The van der Waals surface area contributed by atoms with E-state index in [1.54, 1.807) is 11.3 Å². The minimum Gasteiger partial charge on any atom is -0.477 e. The maximum Gasteiger partial charge on any atom is 0.341 e. The first-order valence-electron chi connectivity index (χ1n) is 6.54. The monoisotopic (exact) mass is 303 g/mol. The van der Waals surface area contributed by atoms with E-state index in [1.165, 1.54) is 10.9 Å². The summed E-state index contributed by atoms with van der Waals surface area (Å²) >= 11 is 1.64. The lowest BCUT2D eigenvalue weighted by atomic mass is 9.84. The van der Waals surface area contributed by atoms with Crippen LogP contribution in [0.4, 0.5) is 0 Å². The van der Waals surface area contributed by atoms with Gasteiger partial charge in [0, 0.05) is 33.4 Å². The number of thiophene rings is 1. The lowest BCUT2D eigenvalue weighted by molar-refractivity contribution is 0.0695. The van der Waals surface area contributed by atoms with Crippen LogP contribution in [0.25, 0.3) is 0 Å². The molecule has 0 aromatic carbocycles. The molecule has 0 radical (unpaired) electrons. The number of carbonyl (C=O) groups is 2. The number of aromatic carboxylic acids is 1. The highest BCUT2D eigenvalue weighted by Crippen LogP contribution is 2.35. The van der Waals surface area contributed by atoms with Gasteiger partial charge in [-0.1, -0.05) is 0 Å². The Kier molecular flexibility index (Phi) is 3.25. The fourth-order valence-corrected chi connectivity index (χ4v) is 3.64. The van der Waals surface area contributed by atoms with Crippen LogP contribution in [-0.4, -0.2) is 21.8 Å². The molecule has 6 heteroatoms. The standard InChI is InChI=1S/C15H13NO4S/c1-7-2-3-13(21-7)8-4-11-9(12(17)5-8)6-10(15(19)20)14(18)16-11/h2-3,6,8H,4-5H2,1H3,(H,16,18)(H,19,20). The summed E-state index contributed by atoms with van der Waals surface area (Å²) < 4.78 is 0. The van der Waals surface area contributed by atoms with Crippen molar-refractivity contribution in [1.29, 1.82) is 0 Å². The van der Waals surface area contributed by atoms with Crippen molar-refractivity contribution in [2.75, 3.05) is 0 Å². The molecule has 3 rings (SSSR count). The van der Waals surface area contributed by atoms with Gasteiger partial charge in [0.2, 0.25) is 0 Å². The van der Waals surface area contributed by atoms with Crippen LogP contribution < -0.4 is 5.56 Å². The number of aromatic nitrogens is 1. The highest BCUT2D eigenvalue weighted by Gasteiger charge is 2.29. The summed E-state index contributed by atoms with van der Waals surface area (Å²) in [5.74, 6) is -1.39. The lowest BCUT2D eigenvalue weighted by Gasteiger charge is -2.22. The van der Waals surface area contributed by atoms with Gasteiger partial charge in [0.05, 0.1) is 0 Å². The molecule has 1 unspecified atom stereocenters. The fraction of sp³-hybridized carbons (Fsp3) is 0.267. The van der Waals surface area contributed by atoms with Crippen LogP contribution in [0.2, 0.25) is 0 Å². The molecule has 2 N–H and O–H groups in total. The van der Waals surface area contributed by atoms with E-state index in [0.717, 1.165) is 4.88 Å². The van der Waals surface area contributed by atoms with Crippen molar-refractivity contribution in [3.05, 3.63) is 55.1 Å². The summed E-state index contributed by atoms with van der Waals surface area (Å²) in [4.78, 5) is 39.8. The molecule has 108 valence electrons. The van der Waals surface area contributed by atoms with Gasteiger partial charge in [0.1, 0.15) is 5.56 Å². The third kappa shape index (κ3) is 2.42. The quantitative estimate of drug-likeness (QED) is 0.891. The molecule has 1 aliphatic rings. The number of H-pyrrole nitrogens is 1. The summed E-state index contributed by atoms with van der Waals surface area (Å²) in [6, 6.07) is 5.22. The number of ketones is 1. The van der Waals surface area contributed by atoms with Gasteiger partial charge in [0.25, 0.3) is 5.56 Å². The van der Waals surface area contributed by atoms with Crippen molar-refractivity contribution in [1.82, 2.24) is 4.98 Å². The molecule has 21 heavy (non-hydrogen) atoms. The Morgan fingerprint density at radius 3 is 2.71 bits per heavy atom. The molecule has 0 amide bonds. The molecular weight excluding hydrogens is 290 g/mol. The molecule has 1 aliphatic carbocycles. The summed E-state index contributed by atoms with van der Waals surface area (Å²) in [6.45, 7) is 2.01. The Morgan fingerprint density at radius 1 is 1.33 bits per heavy atom. The van der Waals surface area contributed by atoms with Gasteiger partial charge in [-0.2, -0.15) is 0 Å².